The Morgan fingerprint density at radius 1 is 1.08 bits per heavy atom. The molecule has 1 spiro atoms. The summed E-state index contributed by atoms with van der Waals surface area (Å²) in [7, 11) is 0. The molecule has 1 nitrogen and oxygen atoms in total. The Hall–Kier alpha value is -0.0400. The normalized spacial score (nSPS) is 46.6. The van der Waals surface area contributed by atoms with E-state index in [2.05, 4.69) is 19.2 Å². The van der Waals surface area contributed by atoms with Crippen LogP contribution in [0.2, 0.25) is 0 Å². The molecule has 1 atom stereocenters. The van der Waals surface area contributed by atoms with Gasteiger partial charge in [0, 0.05) is 0 Å². The molecular formula is C12H23N. The quantitative estimate of drug-likeness (QED) is 0.606. The van der Waals surface area contributed by atoms with Crippen LogP contribution in [0.1, 0.15) is 46.0 Å². The molecule has 1 aliphatic heterocycles. The Kier molecular flexibility index (Phi) is 2.64. The summed E-state index contributed by atoms with van der Waals surface area (Å²) >= 11 is 0. The van der Waals surface area contributed by atoms with E-state index in [1.54, 1.807) is 0 Å². The number of hydrogen-bond donors (Lipinski definition) is 1. The summed E-state index contributed by atoms with van der Waals surface area (Å²) in [6, 6.07) is 0. The number of rotatable bonds is 0. The van der Waals surface area contributed by atoms with Crippen LogP contribution in [-0.2, 0) is 0 Å². The maximum atomic E-state index is 3.52. The van der Waals surface area contributed by atoms with Crippen molar-refractivity contribution < 1.29 is 0 Å². The van der Waals surface area contributed by atoms with Crippen LogP contribution in [0.5, 0.6) is 0 Å². The zero-order valence-electron chi connectivity index (χ0n) is 9.10. The number of hydrogen-bond acceptors (Lipinski definition) is 1. The molecule has 1 N–H and O–H groups in total. The van der Waals surface area contributed by atoms with Crippen LogP contribution < -0.4 is 5.32 Å². The smallest absolute Gasteiger partial charge is 0.00178 e. The maximum absolute atomic E-state index is 3.52. The van der Waals surface area contributed by atoms with Gasteiger partial charge in [0.15, 0.2) is 0 Å². The minimum Gasteiger partial charge on any atom is -0.316 e. The second kappa shape index (κ2) is 3.61. The average molecular weight is 181 g/mol. The zero-order valence-corrected chi connectivity index (χ0v) is 9.10. The monoisotopic (exact) mass is 181 g/mol. The van der Waals surface area contributed by atoms with E-state index in [0.29, 0.717) is 0 Å². The average Bonchev–Trinajstić information content (AvgIpc) is 2.15. The van der Waals surface area contributed by atoms with Crippen molar-refractivity contribution in [2.24, 2.45) is 17.3 Å². The Morgan fingerprint density at radius 2 is 1.77 bits per heavy atom. The fourth-order valence-electron chi connectivity index (χ4n) is 3.20. The lowest BCUT2D eigenvalue weighted by atomic mass is 9.61. The van der Waals surface area contributed by atoms with Crippen LogP contribution in [0.3, 0.4) is 0 Å². The van der Waals surface area contributed by atoms with Gasteiger partial charge in [-0.2, -0.15) is 0 Å². The van der Waals surface area contributed by atoms with E-state index in [1.165, 1.54) is 45.2 Å². The van der Waals surface area contributed by atoms with Gasteiger partial charge in [-0.05, 0) is 49.6 Å². The minimum absolute atomic E-state index is 0.734. The molecule has 0 unspecified atom stereocenters. The van der Waals surface area contributed by atoms with Gasteiger partial charge < -0.3 is 5.32 Å². The Balaban J connectivity index is 2.01. The van der Waals surface area contributed by atoms with Gasteiger partial charge in [0.05, 0.1) is 0 Å². The highest BCUT2D eigenvalue weighted by molar-refractivity contribution is 4.92. The Morgan fingerprint density at radius 3 is 2.38 bits per heavy atom. The largest absolute Gasteiger partial charge is 0.316 e. The topological polar surface area (TPSA) is 12.0 Å². The maximum Gasteiger partial charge on any atom is -0.00178 e. The molecule has 2 aliphatic rings. The summed E-state index contributed by atoms with van der Waals surface area (Å²) < 4.78 is 0. The first-order chi connectivity index (χ1) is 6.23. The van der Waals surface area contributed by atoms with Crippen molar-refractivity contribution in [3.05, 3.63) is 0 Å². The summed E-state index contributed by atoms with van der Waals surface area (Å²) in [5.41, 5.74) is 0.734. The van der Waals surface area contributed by atoms with Crippen LogP contribution in [0.15, 0.2) is 0 Å². The Labute approximate surface area is 82.3 Å². The molecular weight excluding hydrogens is 158 g/mol. The lowest BCUT2D eigenvalue weighted by Gasteiger charge is -2.47. The molecule has 2 fully saturated rings. The zero-order chi connectivity index (χ0) is 9.31. The molecule has 0 radical (unpaired) electrons. The number of piperidine rings is 1. The van der Waals surface area contributed by atoms with Crippen molar-refractivity contribution in [2.75, 3.05) is 13.1 Å². The molecule has 0 amide bonds. The van der Waals surface area contributed by atoms with Gasteiger partial charge >= 0.3 is 0 Å². The minimum atomic E-state index is 0.734. The van der Waals surface area contributed by atoms with Crippen LogP contribution in [-0.4, -0.2) is 13.1 Å². The van der Waals surface area contributed by atoms with Gasteiger partial charge in [-0.25, -0.2) is 0 Å². The second-order valence-electron chi connectivity index (χ2n) is 5.40. The predicted octanol–water partition coefficient (Wildman–Crippen LogP) is 2.81. The van der Waals surface area contributed by atoms with Gasteiger partial charge in [-0.3, -0.25) is 0 Å². The first kappa shape index (κ1) is 9.51. The highest BCUT2D eigenvalue weighted by atomic mass is 14.9. The van der Waals surface area contributed by atoms with Crippen molar-refractivity contribution in [1.29, 1.82) is 0 Å². The SMILES string of the molecule is CC1CCC2(CCNC[C@@H]2C)CC1. The van der Waals surface area contributed by atoms with Gasteiger partial charge in [0.2, 0.25) is 0 Å². The fraction of sp³-hybridized carbons (Fsp3) is 1.00. The Bertz CT molecular complexity index is 168. The van der Waals surface area contributed by atoms with E-state index in [1.807, 2.05) is 0 Å². The van der Waals surface area contributed by atoms with Crippen molar-refractivity contribution in [3.63, 3.8) is 0 Å². The van der Waals surface area contributed by atoms with Crippen LogP contribution in [0, 0.1) is 17.3 Å². The van der Waals surface area contributed by atoms with E-state index >= 15 is 0 Å². The third-order valence-electron chi connectivity index (χ3n) is 4.57. The van der Waals surface area contributed by atoms with E-state index in [4.69, 9.17) is 0 Å². The molecule has 0 aromatic heterocycles. The first-order valence-corrected chi connectivity index (χ1v) is 5.94. The molecule has 1 aliphatic carbocycles. The fourth-order valence-corrected chi connectivity index (χ4v) is 3.20. The van der Waals surface area contributed by atoms with E-state index in [0.717, 1.165) is 17.3 Å². The molecule has 0 aromatic carbocycles. The van der Waals surface area contributed by atoms with Gasteiger partial charge in [0.25, 0.3) is 0 Å². The van der Waals surface area contributed by atoms with Gasteiger partial charge in [-0.1, -0.05) is 26.7 Å². The number of nitrogens with one attached hydrogen (secondary N) is 1. The lowest BCUT2D eigenvalue weighted by Crippen LogP contribution is -2.45. The van der Waals surface area contributed by atoms with Crippen molar-refractivity contribution in [1.82, 2.24) is 5.32 Å². The molecule has 1 saturated heterocycles. The highest BCUT2D eigenvalue weighted by Gasteiger charge is 2.39. The summed E-state index contributed by atoms with van der Waals surface area (Å²) in [5, 5.41) is 3.52. The van der Waals surface area contributed by atoms with E-state index in [-0.39, 0.29) is 0 Å². The van der Waals surface area contributed by atoms with Crippen LogP contribution >= 0.6 is 0 Å². The molecule has 76 valence electrons. The van der Waals surface area contributed by atoms with Gasteiger partial charge in [0.1, 0.15) is 0 Å². The third-order valence-corrected chi connectivity index (χ3v) is 4.57. The molecule has 1 heteroatoms. The summed E-state index contributed by atoms with van der Waals surface area (Å²) in [5.74, 6) is 1.90. The van der Waals surface area contributed by atoms with Gasteiger partial charge in [-0.15, -0.1) is 0 Å². The molecule has 0 bridgehead atoms. The third kappa shape index (κ3) is 1.76. The molecule has 1 heterocycles. The standard InChI is InChI=1S/C12H23N/c1-10-3-5-12(6-4-10)7-8-13-9-11(12)2/h10-11,13H,3-9H2,1-2H3/t10?,11-,12?/m0/s1. The van der Waals surface area contributed by atoms with Crippen molar-refractivity contribution >= 4 is 0 Å². The van der Waals surface area contributed by atoms with Crippen molar-refractivity contribution in [3.8, 4) is 0 Å². The lowest BCUT2D eigenvalue weighted by molar-refractivity contribution is 0.0537. The molecule has 0 aromatic rings. The summed E-state index contributed by atoms with van der Waals surface area (Å²) in [6.07, 6.45) is 7.38. The van der Waals surface area contributed by atoms with Crippen LogP contribution in [0.25, 0.3) is 0 Å². The summed E-state index contributed by atoms with van der Waals surface area (Å²) in [6.45, 7) is 7.38. The second-order valence-corrected chi connectivity index (χ2v) is 5.40. The summed E-state index contributed by atoms with van der Waals surface area (Å²) in [4.78, 5) is 0. The molecule has 2 rings (SSSR count). The van der Waals surface area contributed by atoms with E-state index in [9.17, 15) is 0 Å². The van der Waals surface area contributed by atoms with Crippen molar-refractivity contribution in [2.45, 2.75) is 46.0 Å². The van der Waals surface area contributed by atoms with E-state index < -0.39 is 0 Å². The highest BCUT2D eigenvalue weighted by Crippen LogP contribution is 2.47. The molecule has 13 heavy (non-hydrogen) atoms. The van der Waals surface area contributed by atoms with Crippen LogP contribution in [0.4, 0.5) is 0 Å². The predicted molar refractivity (Wildman–Crippen MR) is 56.7 cm³/mol. The first-order valence-electron chi connectivity index (χ1n) is 5.94. The molecule has 1 saturated carbocycles.